The van der Waals surface area contributed by atoms with Crippen LogP contribution in [0.4, 0.5) is 4.39 Å². The van der Waals surface area contributed by atoms with Crippen LogP contribution in [0.25, 0.3) is 0 Å². The molecule has 2 nitrogen and oxygen atoms in total. The van der Waals surface area contributed by atoms with Gasteiger partial charge in [0, 0.05) is 13.2 Å². The van der Waals surface area contributed by atoms with Gasteiger partial charge in [-0.2, -0.15) is 0 Å². The van der Waals surface area contributed by atoms with E-state index < -0.39 is 0 Å². The monoisotopic (exact) mass is 189 g/mol. The van der Waals surface area contributed by atoms with Gasteiger partial charge in [0.25, 0.3) is 0 Å². The Bertz CT molecular complexity index is 121. The van der Waals surface area contributed by atoms with Gasteiger partial charge in [0.1, 0.15) is 0 Å². The van der Waals surface area contributed by atoms with Gasteiger partial charge in [0.15, 0.2) is 0 Å². The van der Waals surface area contributed by atoms with Gasteiger partial charge < -0.3 is 10.1 Å². The molecule has 0 aromatic carbocycles. The van der Waals surface area contributed by atoms with E-state index in [0.29, 0.717) is 18.6 Å². The van der Waals surface area contributed by atoms with Crippen LogP contribution >= 0.6 is 0 Å². The molecule has 0 saturated heterocycles. The van der Waals surface area contributed by atoms with Crippen molar-refractivity contribution in [3.05, 3.63) is 0 Å². The van der Waals surface area contributed by atoms with Crippen molar-refractivity contribution in [3.63, 3.8) is 0 Å². The van der Waals surface area contributed by atoms with Crippen LogP contribution in [0.2, 0.25) is 0 Å². The molecule has 0 aromatic rings. The molecule has 78 valence electrons. The van der Waals surface area contributed by atoms with Crippen molar-refractivity contribution in [2.75, 3.05) is 20.3 Å². The Kier molecular flexibility index (Phi) is 5.32. The molecule has 0 spiro atoms. The summed E-state index contributed by atoms with van der Waals surface area (Å²) in [5.41, 5.74) is 0. The van der Waals surface area contributed by atoms with Crippen molar-refractivity contribution in [2.24, 2.45) is 0 Å². The lowest BCUT2D eigenvalue weighted by Gasteiger charge is -2.28. The summed E-state index contributed by atoms with van der Waals surface area (Å²) in [6.07, 6.45) is 5.73. The first kappa shape index (κ1) is 10.9. The number of hydrogen-bond acceptors (Lipinski definition) is 2. The summed E-state index contributed by atoms with van der Waals surface area (Å²) in [7, 11) is 1.78. The Morgan fingerprint density at radius 2 is 2.00 bits per heavy atom. The minimum atomic E-state index is -0.208. The molecule has 0 aromatic heterocycles. The van der Waals surface area contributed by atoms with Gasteiger partial charge in [0.2, 0.25) is 0 Å². The number of nitrogens with one attached hydrogen (secondary N) is 1. The van der Waals surface area contributed by atoms with Gasteiger partial charge in [0.05, 0.1) is 12.8 Å². The standard InChI is InChI=1S/C10H20FNO/c1-13-10-5-3-9(4-6-10)12-8-2-7-11/h9-10,12H,2-8H2,1H3. The van der Waals surface area contributed by atoms with E-state index in [0.717, 1.165) is 19.4 Å². The van der Waals surface area contributed by atoms with Gasteiger partial charge in [-0.3, -0.25) is 4.39 Å². The van der Waals surface area contributed by atoms with Gasteiger partial charge in [-0.05, 0) is 38.6 Å². The van der Waals surface area contributed by atoms with Gasteiger partial charge in [-0.15, -0.1) is 0 Å². The van der Waals surface area contributed by atoms with Crippen LogP contribution in [-0.2, 0) is 4.74 Å². The molecule has 1 aliphatic rings. The zero-order valence-corrected chi connectivity index (χ0v) is 8.39. The number of alkyl halides is 1. The highest BCUT2D eigenvalue weighted by atomic mass is 19.1. The number of halogens is 1. The second-order valence-corrected chi connectivity index (χ2v) is 3.71. The molecular weight excluding hydrogens is 169 g/mol. The second-order valence-electron chi connectivity index (χ2n) is 3.71. The molecular formula is C10H20FNO. The minimum Gasteiger partial charge on any atom is -0.381 e. The molecule has 3 heteroatoms. The third-order valence-electron chi connectivity index (χ3n) is 2.75. The average molecular weight is 189 g/mol. The van der Waals surface area contributed by atoms with E-state index in [-0.39, 0.29) is 6.67 Å². The molecule has 1 N–H and O–H groups in total. The lowest BCUT2D eigenvalue weighted by atomic mass is 9.93. The summed E-state index contributed by atoms with van der Waals surface area (Å²) >= 11 is 0. The van der Waals surface area contributed by atoms with Gasteiger partial charge in [-0.25, -0.2) is 0 Å². The molecule has 1 aliphatic carbocycles. The fraction of sp³-hybridized carbons (Fsp3) is 1.00. The third-order valence-corrected chi connectivity index (χ3v) is 2.75. The van der Waals surface area contributed by atoms with E-state index >= 15 is 0 Å². The number of rotatable bonds is 5. The molecule has 0 amide bonds. The highest BCUT2D eigenvalue weighted by Crippen LogP contribution is 2.20. The molecule has 0 radical (unpaired) electrons. The molecule has 0 heterocycles. The zero-order chi connectivity index (χ0) is 9.52. The lowest BCUT2D eigenvalue weighted by molar-refractivity contribution is 0.0625. The summed E-state index contributed by atoms with van der Waals surface area (Å²) in [5, 5.41) is 3.37. The third kappa shape index (κ3) is 4.05. The summed E-state index contributed by atoms with van der Waals surface area (Å²) in [6.45, 7) is 0.610. The van der Waals surface area contributed by atoms with Crippen LogP contribution in [0.3, 0.4) is 0 Å². The molecule has 1 rings (SSSR count). The van der Waals surface area contributed by atoms with E-state index in [9.17, 15) is 4.39 Å². The van der Waals surface area contributed by atoms with E-state index in [1.54, 1.807) is 7.11 Å². The second kappa shape index (κ2) is 6.33. The van der Waals surface area contributed by atoms with Crippen LogP contribution in [-0.4, -0.2) is 32.5 Å². The van der Waals surface area contributed by atoms with E-state index in [1.807, 2.05) is 0 Å². The maximum absolute atomic E-state index is 11.8. The van der Waals surface area contributed by atoms with Crippen LogP contribution < -0.4 is 5.32 Å². The number of ether oxygens (including phenoxy) is 1. The Hall–Kier alpha value is -0.150. The first-order valence-electron chi connectivity index (χ1n) is 5.19. The van der Waals surface area contributed by atoms with Crippen molar-refractivity contribution in [1.29, 1.82) is 0 Å². The SMILES string of the molecule is COC1CCC(NCCCF)CC1. The van der Waals surface area contributed by atoms with Crippen molar-refractivity contribution < 1.29 is 9.13 Å². The van der Waals surface area contributed by atoms with Crippen LogP contribution in [0.1, 0.15) is 32.1 Å². The average Bonchev–Trinajstić information content (AvgIpc) is 2.19. The van der Waals surface area contributed by atoms with Crippen molar-refractivity contribution in [2.45, 2.75) is 44.2 Å². The maximum Gasteiger partial charge on any atom is 0.0906 e. The van der Waals surface area contributed by atoms with Crippen molar-refractivity contribution in [3.8, 4) is 0 Å². The van der Waals surface area contributed by atoms with Crippen molar-refractivity contribution in [1.82, 2.24) is 5.32 Å². The molecule has 13 heavy (non-hydrogen) atoms. The van der Waals surface area contributed by atoms with Crippen LogP contribution in [0, 0.1) is 0 Å². The molecule has 0 atom stereocenters. The summed E-state index contributed by atoms with van der Waals surface area (Å²) in [4.78, 5) is 0. The molecule has 1 fully saturated rings. The Labute approximate surface area is 79.8 Å². The highest BCUT2D eigenvalue weighted by molar-refractivity contribution is 4.77. The predicted octanol–water partition coefficient (Wildman–Crippen LogP) is 1.89. The topological polar surface area (TPSA) is 21.3 Å². The van der Waals surface area contributed by atoms with Crippen LogP contribution in [0.15, 0.2) is 0 Å². The quantitative estimate of drug-likeness (QED) is 0.667. The molecule has 1 saturated carbocycles. The van der Waals surface area contributed by atoms with Crippen molar-refractivity contribution >= 4 is 0 Å². The molecule has 0 aliphatic heterocycles. The first-order valence-corrected chi connectivity index (χ1v) is 5.19. The summed E-state index contributed by atoms with van der Waals surface area (Å²) < 4.78 is 17.1. The van der Waals surface area contributed by atoms with Crippen LogP contribution in [0.5, 0.6) is 0 Å². The number of methoxy groups -OCH3 is 1. The number of hydrogen-bond donors (Lipinski definition) is 1. The normalized spacial score (nSPS) is 29.1. The molecule has 0 bridgehead atoms. The van der Waals surface area contributed by atoms with Gasteiger partial charge in [-0.1, -0.05) is 0 Å². The smallest absolute Gasteiger partial charge is 0.0906 e. The van der Waals surface area contributed by atoms with E-state index in [1.165, 1.54) is 12.8 Å². The maximum atomic E-state index is 11.8. The first-order chi connectivity index (χ1) is 6.36. The predicted molar refractivity (Wildman–Crippen MR) is 51.6 cm³/mol. The van der Waals surface area contributed by atoms with E-state index in [2.05, 4.69) is 5.32 Å². The Morgan fingerprint density at radius 3 is 2.54 bits per heavy atom. The van der Waals surface area contributed by atoms with Gasteiger partial charge >= 0.3 is 0 Å². The van der Waals surface area contributed by atoms with E-state index in [4.69, 9.17) is 4.74 Å². The largest absolute Gasteiger partial charge is 0.381 e. The zero-order valence-electron chi connectivity index (χ0n) is 8.39. The Morgan fingerprint density at radius 1 is 1.31 bits per heavy atom. The fourth-order valence-corrected chi connectivity index (χ4v) is 1.88. The lowest BCUT2D eigenvalue weighted by Crippen LogP contribution is -2.35. The minimum absolute atomic E-state index is 0.208. The fourth-order valence-electron chi connectivity index (χ4n) is 1.88. The summed E-state index contributed by atoms with van der Waals surface area (Å²) in [6, 6.07) is 0.595. The Balaban J connectivity index is 2.03. The highest BCUT2D eigenvalue weighted by Gasteiger charge is 2.19. The molecule has 0 unspecified atom stereocenters. The summed E-state index contributed by atoms with van der Waals surface area (Å²) in [5.74, 6) is 0.